The van der Waals surface area contributed by atoms with Crippen LogP contribution in [0, 0.1) is 6.92 Å². The number of hydrogen-bond acceptors (Lipinski definition) is 3. The van der Waals surface area contributed by atoms with Gasteiger partial charge in [0.15, 0.2) is 11.5 Å². The van der Waals surface area contributed by atoms with Crippen molar-refractivity contribution in [2.45, 2.75) is 13.5 Å². The first-order valence-corrected chi connectivity index (χ1v) is 5.88. The van der Waals surface area contributed by atoms with Gasteiger partial charge in [-0.05, 0) is 37.2 Å². The second-order valence-corrected chi connectivity index (χ2v) is 4.44. The van der Waals surface area contributed by atoms with Gasteiger partial charge in [-0.1, -0.05) is 0 Å². The number of hydrogen-bond donors (Lipinski definition) is 0. The standard InChI is InChI=1S/C12H16ClNO2/c1-9-5-11-12(16-8-15-11)6-10(9)7-14(2)4-3-13/h5-6H,3-4,7-8H2,1-2H3. The molecule has 1 aromatic carbocycles. The Balaban J connectivity index is 2.15. The van der Waals surface area contributed by atoms with Crippen molar-refractivity contribution in [3.05, 3.63) is 23.3 Å². The summed E-state index contributed by atoms with van der Waals surface area (Å²) in [6.07, 6.45) is 0. The van der Waals surface area contributed by atoms with Gasteiger partial charge in [0.05, 0.1) is 0 Å². The van der Waals surface area contributed by atoms with Crippen LogP contribution in [0.25, 0.3) is 0 Å². The van der Waals surface area contributed by atoms with E-state index in [2.05, 4.69) is 24.9 Å². The van der Waals surface area contributed by atoms with Crippen LogP contribution in [0.5, 0.6) is 11.5 Å². The Hall–Kier alpha value is -0.930. The van der Waals surface area contributed by atoms with E-state index in [1.165, 1.54) is 11.1 Å². The highest BCUT2D eigenvalue weighted by molar-refractivity contribution is 6.18. The summed E-state index contributed by atoms with van der Waals surface area (Å²) in [6.45, 7) is 4.19. The molecule has 0 unspecified atom stereocenters. The smallest absolute Gasteiger partial charge is 0.231 e. The minimum absolute atomic E-state index is 0.329. The molecule has 88 valence electrons. The zero-order valence-corrected chi connectivity index (χ0v) is 10.4. The van der Waals surface area contributed by atoms with Crippen LogP contribution in [0.3, 0.4) is 0 Å². The molecule has 0 saturated heterocycles. The average molecular weight is 242 g/mol. The SMILES string of the molecule is Cc1cc2c(cc1CN(C)CCCl)OCO2. The van der Waals surface area contributed by atoms with Crippen molar-refractivity contribution in [2.75, 3.05) is 26.3 Å². The van der Waals surface area contributed by atoms with E-state index in [-0.39, 0.29) is 0 Å². The third kappa shape index (κ3) is 2.42. The lowest BCUT2D eigenvalue weighted by Crippen LogP contribution is -2.20. The molecule has 0 saturated carbocycles. The number of benzene rings is 1. The number of nitrogens with zero attached hydrogens (tertiary/aromatic N) is 1. The number of alkyl halides is 1. The zero-order valence-electron chi connectivity index (χ0n) is 9.62. The van der Waals surface area contributed by atoms with E-state index in [0.29, 0.717) is 12.7 Å². The summed E-state index contributed by atoms with van der Waals surface area (Å²) in [7, 11) is 2.06. The molecule has 0 atom stereocenters. The lowest BCUT2D eigenvalue weighted by atomic mass is 10.1. The van der Waals surface area contributed by atoms with Gasteiger partial charge in [0.25, 0.3) is 0 Å². The van der Waals surface area contributed by atoms with Crippen molar-refractivity contribution < 1.29 is 9.47 Å². The predicted molar refractivity (Wildman–Crippen MR) is 64.4 cm³/mol. The highest BCUT2D eigenvalue weighted by atomic mass is 35.5. The maximum absolute atomic E-state index is 5.71. The van der Waals surface area contributed by atoms with Gasteiger partial charge in [-0.15, -0.1) is 11.6 Å². The van der Waals surface area contributed by atoms with Crippen molar-refractivity contribution in [3.63, 3.8) is 0 Å². The largest absolute Gasteiger partial charge is 0.454 e. The van der Waals surface area contributed by atoms with Gasteiger partial charge in [0.2, 0.25) is 6.79 Å². The lowest BCUT2D eigenvalue weighted by molar-refractivity contribution is 0.174. The lowest BCUT2D eigenvalue weighted by Gasteiger charge is -2.16. The van der Waals surface area contributed by atoms with Gasteiger partial charge in [-0.25, -0.2) is 0 Å². The summed E-state index contributed by atoms with van der Waals surface area (Å²) in [4.78, 5) is 2.19. The molecule has 0 radical (unpaired) electrons. The van der Waals surface area contributed by atoms with Crippen molar-refractivity contribution in [1.29, 1.82) is 0 Å². The molecule has 0 spiro atoms. The van der Waals surface area contributed by atoms with Crippen LogP contribution in [0.15, 0.2) is 12.1 Å². The molecule has 3 nitrogen and oxygen atoms in total. The Labute approximate surface area is 101 Å². The molecule has 0 bridgehead atoms. The van der Waals surface area contributed by atoms with E-state index in [9.17, 15) is 0 Å². The summed E-state index contributed by atoms with van der Waals surface area (Å²) in [6, 6.07) is 4.09. The normalized spacial score (nSPS) is 13.5. The van der Waals surface area contributed by atoms with Gasteiger partial charge in [0, 0.05) is 19.0 Å². The van der Waals surface area contributed by atoms with Crippen LogP contribution in [0.2, 0.25) is 0 Å². The van der Waals surface area contributed by atoms with Crippen LogP contribution in [0.4, 0.5) is 0 Å². The summed E-state index contributed by atoms with van der Waals surface area (Å²) in [5, 5.41) is 0. The first kappa shape index (κ1) is 11.6. The molecule has 0 fully saturated rings. The van der Waals surface area contributed by atoms with Crippen molar-refractivity contribution in [3.8, 4) is 11.5 Å². The van der Waals surface area contributed by atoms with Crippen molar-refractivity contribution >= 4 is 11.6 Å². The van der Waals surface area contributed by atoms with Gasteiger partial charge in [-0.2, -0.15) is 0 Å². The van der Waals surface area contributed by atoms with E-state index in [1.54, 1.807) is 0 Å². The predicted octanol–water partition coefficient (Wildman–Crippen LogP) is 2.39. The highest BCUT2D eigenvalue weighted by Gasteiger charge is 2.16. The number of ether oxygens (including phenoxy) is 2. The summed E-state index contributed by atoms with van der Waals surface area (Å²) in [5.74, 6) is 2.35. The van der Waals surface area contributed by atoms with E-state index in [4.69, 9.17) is 21.1 Å². The van der Waals surface area contributed by atoms with Crippen molar-refractivity contribution in [2.24, 2.45) is 0 Å². The Kier molecular flexibility index (Phi) is 3.56. The highest BCUT2D eigenvalue weighted by Crippen LogP contribution is 2.34. The van der Waals surface area contributed by atoms with E-state index >= 15 is 0 Å². The Morgan fingerprint density at radius 2 is 2.00 bits per heavy atom. The quantitative estimate of drug-likeness (QED) is 0.756. The summed E-state index contributed by atoms with van der Waals surface area (Å²) in [5.41, 5.74) is 2.49. The molecular formula is C12H16ClNO2. The minimum Gasteiger partial charge on any atom is -0.454 e. The fraction of sp³-hybridized carbons (Fsp3) is 0.500. The topological polar surface area (TPSA) is 21.7 Å². The molecule has 2 rings (SSSR count). The molecule has 1 heterocycles. The maximum Gasteiger partial charge on any atom is 0.231 e. The number of rotatable bonds is 4. The first-order valence-electron chi connectivity index (χ1n) is 5.34. The van der Waals surface area contributed by atoms with Gasteiger partial charge in [-0.3, -0.25) is 0 Å². The number of halogens is 1. The second kappa shape index (κ2) is 4.93. The van der Waals surface area contributed by atoms with Crippen molar-refractivity contribution in [1.82, 2.24) is 4.90 Å². The van der Waals surface area contributed by atoms with E-state index in [1.807, 2.05) is 6.07 Å². The monoisotopic (exact) mass is 241 g/mol. The minimum atomic E-state index is 0.329. The van der Waals surface area contributed by atoms with E-state index in [0.717, 1.165) is 24.6 Å². The molecule has 0 N–H and O–H groups in total. The van der Waals surface area contributed by atoms with Crippen LogP contribution < -0.4 is 9.47 Å². The van der Waals surface area contributed by atoms with Gasteiger partial charge in [0.1, 0.15) is 0 Å². The molecule has 1 aliphatic rings. The Morgan fingerprint density at radius 1 is 1.31 bits per heavy atom. The first-order chi connectivity index (χ1) is 7.70. The molecule has 1 aliphatic heterocycles. The maximum atomic E-state index is 5.71. The molecule has 0 aliphatic carbocycles. The molecule has 0 amide bonds. The molecule has 16 heavy (non-hydrogen) atoms. The Morgan fingerprint density at radius 3 is 2.69 bits per heavy atom. The zero-order chi connectivity index (χ0) is 11.5. The third-order valence-corrected chi connectivity index (χ3v) is 2.91. The fourth-order valence-electron chi connectivity index (χ4n) is 1.77. The molecule has 1 aromatic rings. The number of aryl methyl sites for hydroxylation is 1. The fourth-order valence-corrected chi connectivity index (χ4v) is 2.06. The summed E-state index contributed by atoms with van der Waals surface area (Å²) >= 11 is 5.71. The molecule has 0 aromatic heterocycles. The second-order valence-electron chi connectivity index (χ2n) is 4.06. The van der Waals surface area contributed by atoms with Crippen LogP contribution in [0.1, 0.15) is 11.1 Å². The van der Waals surface area contributed by atoms with Crippen LogP contribution in [-0.4, -0.2) is 31.2 Å². The average Bonchev–Trinajstić information content (AvgIpc) is 2.65. The third-order valence-electron chi connectivity index (χ3n) is 2.74. The Bertz CT molecular complexity index is 382. The molecular weight excluding hydrogens is 226 g/mol. The number of fused-ring (bicyclic) bond motifs is 1. The molecule has 4 heteroatoms. The van der Waals surface area contributed by atoms with Gasteiger partial charge < -0.3 is 14.4 Å². The van der Waals surface area contributed by atoms with E-state index < -0.39 is 0 Å². The van der Waals surface area contributed by atoms with Crippen LogP contribution in [-0.2, 0) is 6.54 Å². The summed E-state index contributed by atoms with van der Waals surface area (Å²) < 4.78 is 10.7. The van der Waals surface area contributed by atoms with Gasteiger partial charge >= 0.3 is 0 Å². The van der Waals surface area contributed by atoms with Crippen LogP contribution >= 0.6 is 11.6 Å².